The van der Waals surface area contributed by atoms with Crippen LogP contribution in [0.25, 0.3) is 11.5 Å². The molecule has 1 N–H and O–H groups in total. The SMILES string of the molecule is CNc1nc(-c2ncc(C)cc2C)nc(COC)c1I. The highest BCUT2D eigenvalue weighted by molar-refractivity contribution is 14.1. The summed E-state index contributed by atoms with van der Waals surface area (Å²) in [6.45, 7) is 4.49. The van der Waals surface area contributed by atoms with Crippen molar-refractivity contribution in [3.63, 3.8) is 0 Å². The lowest BCUT2D eigenvalue weighted by atomic mass is 10.1. The second-order valence-corrected chi connectivity index (χ2v) is 5.60. The summed E-state index contributed by atoms with van der Waals surface area (Å²) in [6.07, 6.45) is 1.83. The first-order valence-electron chi connectivity index (χ1n) is 6.23. The van der Waals surface area contributed by atoms with Crippen molar-refractivity contribution in [2.45, 2.75) is 20.5 Å². The van der Waals surface area contributed by atoms with Crippen LogP contribution in [-0.4, -0.2) is 29.1 Å². The van der Waals surface area contributed by atoms with Gasteiger partial charge in [-0.3, -0.25) is 4.98 Å². The number of nitrogens with one attached hydrogen (secondary N) is 1. The van der Waals surface area contributed by atoms with Gasteiger partial charge in [-0.05, 0) is 47.6 Å². The fraction of sp³-hybridized carbons (Fsp3) is 0.357. The van der Waals surface area contributed by atoms with E-state index in [1.165, 1.54) is 0 Å². The summed E-state index contributed by atoms with van der Waals surface area (Å²) in [4.78, 5) is 13.6. The Hall–Kier alpha value is -1.28. The molecule has 0 aliphatic heterocycles. The predicted molar refractivity (Wildman–Crippen MR) is 87.7 cm³/mol. The first kappa shape index (κ1) is 15.1. The average Bonchev–Trinajstić information content (AvgIpc) is 2.41. The molecule has 20 heavy (non-hydrogen) atoms. The minimum Gasteiger partial charge on any atom is -0.378 e. The Bertz CT molecular complexity index is 631. The maximum absolute atomic E-state index is 5.21. The molecule has 0 spiro atoms. The Morgan fingerprint density at radius 3 is 2.65 bits per heavy atom. The standard InChI is InChI=1S/C14H17IN4O/c1-8-5-9(2)12(17-6-8)14-18-10(7-20-4)11(15)13(16-3)19-14/h5-6H,7H2,1-4H3,(H,16,18,19). The van der Waals surface area contributed by atoms with Gasteiger partial charge in [-0.25, -0.2) is 9.97 Å². The van der Waals surface area contributed by atoms with Crippen LogP contribution in [0.2, 0.25) is 0 Å². The van der Waals surface area contributed by atoms with E-state index < -0.39 is 0 Å². The number of aromatic nitrogens is 3. The lowest BCUT2D eigenvalue weighted by molar-refractivity contribution is 0.181. The highest BCUT2D eigenvalue weighted by Gasteiger charge is 2.14. The van der Waals surface area contributed by atoms with Crippen molar-refractivity contribution in [1.82, 2.24) is 15.0 Å². The molecule has 5 nitrogen and oxygen atoms in total. The topological polar surface area (TPSA) is 59.9 Å². The van der Waals surface area contributed by atoms with Gasteiger partial charge in [0.25, 0.3) is 0 Å². The monoisotopic (exact) mass is 384 g/mol. The number of hydrogen-bond donors (Lipinski definition) is 1. The van der Waals surface area contributed by atoms with Crippen molar-refractivity contribution in [2.75, 3.05) is 19.5 Å². The molecule has 0 atom stereocenters. The van der Waals surface area contributed by atoms with Crippen LogP contribution in [0.4, 0.5) is 5.82 Å². The lowest BCUT2D eigenvalue weighted by Gasteiger charge is -2.11. The number of pyridine rings is 1. The molecule has 6 heteroatoms. The Kier molecular flexibility index (Phi) is 4.87. The number of ether oxygens (including phenoxy) is 1. The van der Waals surface area contributed by atoms with Gasteiger partial charge >= 0.3 is 0 Å². The van der Waals surface area contributed by atoms with E-state index in [9.17, 15) is 0 Å². The fourth-order valence-electron chi connectivity index (χ4n) is 1.95. The van der Waals surface area contributed by atoms with E-state index in [-0.39, 0.29) is 0 Å². The van der Waals surface area contributed by atoms with Crippen LogP contribution >= 0.6 is 22.6 Å². The highest BCUT2D eigenvalue weighted by Crippen LogP contribution is 2.25. The molecule has 0 fully saturated rings. The minimum atomic E-state index is 0.452. The van der Waals surface area contributed by atoms with Gasteiger partial charge in [0, 0.05) is 20.4 Å². The normalized spacial score (nSPS) is 10.7. The summed E-state index contributed by atoms with van der Waals surface area (Å²) < 4.78 is 6.18. The van der Waals surface area contributed by atoms with Crippen LogP contribution in [-0.2, 0) is 11.3 Å². The van der Waals surface area contributed by atoms with Crippen LogP contribution in [0, 0.1) is 17.4 Å². The molecular formula is C14H17IN4O. The van der Waals surface area contributed by atoms with Gasteiger partial charge in [-0.2, -0.15) is 0 Å². The number of nitrogens with zero attached hydrogens (tertiary/aromatic N) is 3. The third kappa shape index (κ3) is 3.06. The Balaban J connectivity index is 2.58. The van der Waals surface area contributed by atoms with Gasteiger partial charge in [0.05, 0.1) is 15.9 Å². The molecule has 106 valence electrons. The van der Waals surface area contributed by atoms with E-state index in [0.29, 0.717) is 12.4 Å². The fourth-order valence-corrected chi connectivity index (χ4v) is 2.61. The van der Waals surface area contributed by atoms with Crippen molar-refractivity contribution in [2.24, 2.45) is 0 Å². The third-order valence-electron chi connectivity index (χ3n) is 2.86. The van der Waals surface area contributed by atoms with Crippen molar-refractivity contribution in [3.05, 3.63) is 32.7 Å². The van der Waals surface area contributed by atoms with Crippen LogP contribution in [0.5, 0.6) is 0 Å². The van der Waals surface area contributed by atoms with E-state index >= 15 is 0 Å². The molecule has 2 aromatic rings. The Morgan fingerprint density at radius 2 is 2.05 bits per heavy atom. The van der Waals surface area contributed by atoms with E-state index in [2.05, 4.69) is 48.9 Å². The van der Waals surface area contributed by atoms with Crippen molar-refractivity contribution in [1.29, 1.82) is 0 Å². The zero-order valence-corrected chi connectivity index (χ0v) is 14.1. The molecule has 0 aliphatic rings. The van der Waals surface area contributed by atoms with Gasteiger partial charge in [0.2, 0.25) is 0 Å². The second kappa shape index (κ2) is 6.45. The van der Waals surface area contributed by atoms with Crippen molar-refractivity contribution >= 4 is 28.4 Å². The Labute approximate surface area is 132 Å². The second-order valence-electron chi connectivity index (χ2n) is 4.52. The molecule has 2 heterocycles. The van der Waals surface area contributed by atoms with Crippen LogP contribution in [0.1, 0.15) is 16.8 Å². The average molecular weight is 384 g/mol. The quantitative estimate of drug-likeness (QED) is 0.822. The summed E-state index contributed by atoms with van der Waals surface area (Å²) in [5.74, 6) is 1.42. The van der Waals surface area contributed by atoms with Gasteiger partial charge < -0.3 is 10.1 Å². The first-order chi connectivity index (χ1) is 9.56. The highest BCUT2D eigenvalue weighted by atomic mass is 127. The molecule has 2 aromatic heterocycles. The zero-order chi connectivity index (χ0) is 14.7. The Morgan fingerprint density at radius 1 is 1.30 bits per heavy atom. The molecule has 0 unspecified atom stereocenters. The summed E-state index contributed by atoms with van der Waals surface area (Å²) >= 11 is 2.23. The number of aryl methyl sites for hydroxylation is 2. The number of rotatable bonds is 4. The van der Waals surface area contributed by atoms with Crippen LogP contribution in [0.15, 0.2) is 12.3 Å². The molecule has 0 aromatic carbocycles. The van der Waals surface area contributed by atoms with Crippen molar-refractivity contribution in [3.8, 4) is 11.5 Å². The van der Waals surface area contributed by atoms with E-state index in [0.717, 1.165) is 31.9 Å². The first-order valence-corrected chi connectivity index (χ1v) is 7.31. The summed E-state index contributed by atoms with van der Waals surface area (Å²) in [7, 11) is 3.51. The number of halogens is 1. The lowest BCUT2D eigenvalue weighted by Crippen LogP contribution is -2.07. The van der Waals surface area contributed by atoms with Crippen molar-refractivity contribution < 1.29 is 4.74 Å². The number of hydrogen-bond acceptors (Lipinski definition) is 5. The molecular weight excluding hydrogens is 367 g/mol. The van der Waals surface area contributed by atoms with Gasteiger partial charge in [-0.15, -0.1) is 0 Å². The number of anilines is 1. The molecule has 0 aliphatic carbocycles. The number of methoxy groups -OCH3 is 1. The minimum absolute atomic E-state index is 0.452. The maximum Gasteiger partial charge on any atom is 0.180 e. The van der Waals surface area contributed by atoms with Crippen LogP contribution in [0.3, 0.4) is 0 Å². The third-order valence-corrected chi connectivity index (χ3v) is 4.00. The smallest absolute Gasteiger partial charge is 0.180 e. The zero-order valence-electron chi connectivity index (χ0n) is 12.0. The predicted octanol–water partition coefficient (Wildman–Crippen LogP) is 2.95. The summed E-state index contributed by atoms with van der Waals surface area (Å²) in [5, 5.41) is 3.09. The summed E-state index contributed by atoms with van der Waals surface area (Å²) in [6, 6.07) is 2.08. The molecule has 2 rings (SSSR count). The molecule has 0 bridgehead atoms. The van der Waals surface area contributed by atoms with E-state index in [1.54, 1.807) is 7.11 Å². The largest absolute Gasteiger partial charge is 0.378 e. The molecule has 0 radical (unpaired) electrons. The molecule has 0 saturated carbocycles. The van der Waals surface area contributed by atoms with E-state index in [1.807, 2.05) is 27.1 Å². The summed E-state index contributed by atoms with van der Waals surface area (Å²) in [5.41, 5.74) is 3.87. The van der Waals surface area contributed by atoms with Crippen LogP contribution < -0.4 is 5.32 Å². The maximum atomic E-state index is 5.21. The molecule has 0 amide bonds. The van der Waals surface area contributed by atoms with E-state index in [4.69, 9.17) is 4.74 Å². The van der Waals surface area contributed by atoms with Gasteiger partial charge in [-0.1, -0.05) is 6.07 Å². The van der Waals surface area contributed by atoms with Gasteiger partial charge in [0.15, 0.2) is 5.82 Å². The molecule has 0 saturated heterocycles. The van der Waals surface area contributed by atoms with Gasteiger partial charge in [0.1, 0.15) is 11.5 Å².